The van der Waals surface area contributed by atoms with Gasteiger partial charge in [0.05, 0.1) is 0 Å². The van der Waals surface area contributed by atoms with Crippen molar-refractivity contribution in [3.8, 4) is 11.3 Å². The fourth-order valence-electron chi connectivity index (χ4n) is 1.30. The van der Waals surface area contributed by atoms with E-state index in [0.717, 1.165) is 5.56 Å². The molecule has 0 unspecified atom stereocenters. The zero-order valence-corrected chi connectivity index (χ0v) is 8.49. The summed E-state index contributed by atoms with van der Waals surface area (Å²) < 4.78 is 4.99. The second kappa shape index (κ2) is 4.28. The molecule has 0 saturated heterocycles. The van der Waals surface area contributed by atoms with Crippen LogP contribution in [-0.2, 0) is 11.2 Å². The van der Waals surface area contributed by atoms with Crippen LogP contribution in [0.2, 0.25) is 0 Å². The van der Waals surface area contributed by atoms with Gasteiger partial charge in [-0.15, -0.1) is 0 Å². The average Bonchev–Trinajstić information content (AvgIpc) is 2.66. The third-order valence-electron chi connectivity index (χ3n) is 1.94. The van der Waals surface area contributed by atoms with Gasteiger partial charge in [0.2, 0.25) is 5.24 Å². The molecule has 3 nitrogen and oxygen atoms in total. The number of carbonyl (C=O) groups excluding carboxylic acids is 1. The lowest BCUT2D eigenvalue weighted by Gasteiger charge is -2.07. The minimum absolute atomic E-state index is 0.0300. The van der Waals surface area contributed by atoms with Crippen LogP contribution in [0.25, 0.3) is 11.3 Å². The van der Waals surface area contributed by atoms with Gasteiger partial charge in [-0.25, -0.2) is 0 Å². The molecule has 76 valence electrons. The van der Waals surface area contributed by atoms with Crippen LogP contribution in [0.1, 0.15) is 5.76 Å². The van der Waals surface area contributed by atoms with Gasteiger partial charge in [0.1, 0.15) is 6.39 Å². The summed E-state index contributed by atoms with van der Waals surface area (Å²) in [6.45, 7) is 0. The molecule has 0 aliphatic heterocycles. The van der Waals surface area contributed by atoms with E-state index >= 15 is 0 Å². The number of nitrogens with zero attached hydrogens (tertiary/aromatic N) is 1. The van der Waals surface area contributed by atoms with Crippen molar-refractivity contribution >= 4 is 16.8 Å². The van der Waals surface area contributed by atoms with E-state index in [0.29, 0.717) is 11.5 Å². The van der Waals surface area contributed by atoms with Gasteiger partial charge in [-0.2, -0.15) is 0 Å². The van der Waals surface area contributed by atoms with Gasteiger partial charge in [-0.3, -0.25) is 4.79 Å². The van der Waals surface area contributed by atoms with Crippen LogP contribution in [0.5, 0.6) is 0 Å². The lowest BCUT2D eigenvalue weighted by Crippen LogP contribution is -1.94. The Bertz CT molecular complexity index is 464. The highest BCUT2D eigenvalue weighted by atomic mass is 35.5. The van der Waals surface area contributed by atoms with E-state index in [2.05, 4.69) is 11.4 Å². The van der Waals surface area contributed by atoms with Crippen LogP contribution in [0, 0.1) is 6.39 Å². The van der Waals surface area contributed by atoms with Crippen LogP contribution in [0.3, 0.4) is 0 Å². The predicted molar refractivity (Wildman–Crippen MR) is 55.3 cm³/mol. The van der Waals surface area contributed by atoms with Crippen LogP contribution < -0.4 is 0 Å². The summed E-state index contributed by atoms with van der Waals surface area (Å²) in [5.41, 5.74) is 1.50. The van der Waals surface area contributed by atoms with E-state index in [9.17, 15) is 4.79 Å². The molecular formula is C11H7ClNO2-. The molecule has 0 bridgehead atoms. The Kier molecular flexibility index (Phi) is 2.83. The van der Waals surface area contributed by atoms with Crippen LogP contribution in [0.15, 0.2) is 34.7 Å². The first-order valence-electron chi connectivity index (χ1n) is 4.37. The van der Waals surface area contributed by atoms with Crippen molar-refractivity contribution in [2.24, 2.45) is 0 Å². The number of benzene rings is 1. The van der Waals surface area contributed by atoms with E-state index in [1.165, 1.54) is 0 Å². The van der Waals surface area contributed by atoms with Gasteiger partial charge < -0.3 is 9.40 Å². The maximum absolute atomic E-state index is 10.8. The second-order valence-electron chi connectivity index (χ2n) is 2.97. The summed E-state index contributed by atoms with van der Waals surface area (Å²) in [7, 11) is 0. The lowest BCUT2D eigenvalue weighted by atomic mass is 10.1. The SMILES string of the molecule is O=C(Cl)Cc1o[c-]nc1-c1ccccc1. The first-order chi connectivity index (χ1) is 7.27. The first-order valence-corrected chi connectivity index (χ1v) is 4.74. The van der Waals surface area contributed by atoms with E-state index in [1.54, 1.807) is 0 Å². The molecular weight excluding hydrogens is 214 g/mol. The fourth-order valence-corrected chi connectivity index (χ4v) is 1.42. The quantitative estimate of drug-likeness (QED) is 0.590. The summed E-state index contributed by atoms with van der Waals surface area (Å²) >= 11 is 5.29. The second-order valence-corrected chi connectivity index (χ2v) is 3.40. The van der Waals surface area contributed by atoms with Gasteiger partial charge in [-0.1, -0.05) is 35.9 Å². The Morgan fingerprint density at radius 2 is 2.13 bits per heavy atom. The molecule has 1 aromatic heterocycles. The monoisotopic (exact) mass is 220 g/mol. The first kappa shape index (κ1) is 9.93. The van der Waals surface area contributed by atoms with E-state index in [1.807, 2.05) is 30.3 Å². The van der Waals surface area contributed by atoms with Crippen molar-refractivity contribution in [1.82, 2.24) is 4.98 Å². The van der Waals surface area contributed by atoms with Crippen molar-refractivity contribution in [2.75, 3.05) is 0 Å². The van der Waals surface area contributed by atoms with Crippen molar-refractivity contribution in [2.45, 2.75) is 6.42 Å². The number of aromatic nitrogens is 1. The summed E-state index contributed by atoms with van der Waals surface area (Å²) in [5, 5.41) is -0.475. The molecule has 1 heterocycles. The number of halogens is 1. The van der Waals surface area contributed by atoms with Crippen LogP contribution in [-0.4, -0.2) is 10.2 Å². The van der Waals surface area contributed by atoms with Gasteiger partial charge >= 0.3 is 0 Å². The van der Waals surface area contributed by atoms with Gasteiger partial charge in [0.25, 0.3) is 0 Å². The summed E-state index contributed by atoms with van der Waals surface area (Å²) in [5.74, 6) is 0.446. The molecule has 0 saturated carbocycles. The Morgan fingerprint density at radius 3 is 2.80 bits per heavy atom. The number of rotatable bonds is 3. The third kappa shape index (κ3) is 2.25. The zero-order valence-electron chi connectivity index (χ0n) is 7.74. The van der Waals surface area contributed by atoms with E-state index in [4.69, 9.17) is 16.0 Å². The average molecular weight is 221 g/mol. The summed E-state index contributed by atoms with van der Waals surface area (Å²) in [4.78, 5) is 14.7. The molecule has 4 heteroatoms. The van der Waals surface area contributed by atoms with Crippen molar-refractivity contribution in [1.29, 1.82) is 0 Å². The Hall–Kier alpha value is -1.61. The highest BCUT2D eigenvalue weighted by Gasteiger charge is 2.03. The Balaban J connectivity index is 2.37. The fraction of sp³-hybridized carbons (Fsp3) is 0.0909. The lowest BCUT2D eigenvalue weighted by molar-refractivity contribution is -0.111. The molecule has 0 spiro atoms. The van der Waals surface area contributed by atoms with Crippen LogP contribution >= 0.6 is 11.6 Å². The molecule has 1 aromatic carbocycles. The Labute approximate surface area is 91.7 Å². The van der Waals surface area contributed by atoms with Gasteiger partial charge in [0, 0.05) is 6.42 Å². The standard InChI is InChI=1S/C11H7ClNO2/c12-10(14)6-9-11(13-7-15-9)8-4-2-1-3-5-8/h1-5H,6H2/q-1. The molecule has 0 N–H and O–H groups in total. The Morgan fingerprint density at radius 1 is 1.40 bits per heavy atom. The van der Waals surface area contributed by atoms with E-state index in [-0.39, 0.29) is 6.42 Å². The largest absolute Gasteiger partial charge is 0.577 e. The minimum Gasteiger partial charge on any atom is -0.577 e. The zero-order chi connectivity index (χ0) is 10.7. The maximum Gasteiger partial charge on any atom is 0.216 e. The molecule has 15 heavy (non-hydrogen) atoms. The maximum atomic E-state index is 10.8. The summed E-state index contributed by atoms with van der Waals surface area (Å²) in [6, 6.07) is 9.44. The normalized spacial score (nSPS) is 10.2. The number of carbonyl (C=O) groups is 1. The molecule has 2 aromatic rings. The summed E-state index contributed by atoms with van der Waals surface area (Å²) in [6.07, 6.45) is 2.40. The molecule has 0 aliphatic rings. The molecule has 0 amide bonds. The van der Waals surface area contributed by atoms with Crippen molar-refractivity contribution < 1.29 is 9.21 Å². The number of oxazole rings is 1. The predicted octanol–water partition coefficient (Wildman–Crippen LogP) is 2.45. The number of hydrogen-bond acceptors (Lipinski definition) is 3. The van der Waals surface area contributed by atoms with Gasteiger partial charge in [0.15, 0.2) is 0 Å². The third-order valence-corrected chi connectivity index (χ3v) is 2.07. The smallest absolute Gasteiger partial charge is 0.216 e. The van der Waals surface area contributed by atoms with Crippen molar-refractivity contribution in [3.05, 3.63) is 42.5 Å². The molecule has 0 aliphatic carbocycles. The topological polar surface area (TPSA) is 43.1 Å². The van der Waals surface area contributed by atoms with Gasteiger partial charge in [-0.05, 0) is 23.1 Å². The minimum atomic E-state index is -0.475. The van der Waals surface area contributed by atoms with Crippen molar-refractivity contribution in [3.63, 3.8) is 0 Å². The van der Waals surface area contributed by atoms with Crippen LogP contribution in [0.4, 0.5) is 0 Å². The molecule has 0 radical (unpaired) electrons. The molecule has 2 rings (SSSR count). The number of hydrogen-bond donors (Lipinski definition) is 0. The molecule has 0 atom stereocenters. The highest BCUT2D eigenvalue weighted by molar-refractivity contribution is 6.63. The molecule has 0 fully saturated rings. The van der Waals surface area contributed by atoms with E-state index < -0.39 is 5.24 Å². The highest BCUT2D eigenvalue weighted by Crippen LogP contribution is 2.22.